The number of nitrogens with one attached hydrogen (secondary N) is 2. The second-order valence-corrected chi connectivity index (χ2v) is 3.14. The fraction of sp³-hybridized carbons (Fsp3) is 0.100. The van der Waals surface area contributed by atoms with E-state index in [1.54, 1.807) is 19.1 Å². The number of rotatable bonds is 1. The molecule has 0 aliphatic carbocycles. The Morgan fingerprint density at radius 2 is 2.00 bits per heavy atom. The lowest BCUT2D eigenvalue weighted by Gasteiger charge is -1.99. The summed E-state index contributed by atoms with van der Waals surface area (Å²) in [5.74, 6) is -0.244. The van der Waals surface area contributed by atoms with Crippen molar-refractivity contribution in [3.63, 3.8) is 0 Å². The molecule has 1 heterocycles. The lowest BCUT2D eigenvalue weighted by atomic mass is 10.1. The van der Waals surface area contributed by atoms with Crippen molar-refractivity contribution in [2.45, 2.75) is 6.92 Å². The van der Waals surface area contributed by atoms with Gasteiger partial charge in [-0.2, -0.15) is 0 Å². The summed E-state index contributed by atoms with van der Waals surface area (Å²) >= 11 is 0. The molecule has 2 N–H and O–H groups in total. The number of aromatic amines is 2. The van der Waals surface area contributed by atoms with Gasteiger partial charge < -0.3 is 0 Å². The largest absolute Gasteiger partial charge is 0.298 e. The summed E-state index contributed by atoms with van der Waals surface area (Å²) in [6.45, 7) is 1.68. The third kappa shape index (κ3) is 1.46. The highest BCUT2D eigenvalue weighted by Crippen LogP contribution is 2.17. The maximum absolute atomic E-state index is 12.9. The quantitative estimate of drug-likeness (QED) is 0.711. The number of aromatic nitrogens is 2. The molecule has 0 amide bonds. The van der Waals surface area contributed by atoms with Gasteiger partial charge in [0, 0.05) is 11.6 Å². The van der Waals surface area contributed by atoms with Crippen molar-refractivity contribution in [1.82, 2.24) is 10.2 Å². The van der Waals surface area contributed by atoms with E-state index in [4.69, 9.17) is 0 Å². The van der Waals surface area contributed by atoms with Crippen LogP contribution in [0.3, 0.4) is 0 Å². The Morgan fingerprint density at radius 1 is 1.21 bits per heavy atom. The van der Waals surface area contributed by atoms with E-state index in [1.807, 2.05) is 0 Å². The average molecular weight is 192 g/mol. The van der Waals surface area contributed by atoms with Crippen molar-refractivity contribution >= 4 is 0 Å². The first-order valence-electron chi connectivity index (χ1n) is 4.21. The van der Waals surface area contributed by atoms with Gasteiger partial charge in [-0.05, 0) is 30.7 Å². The van der Waals surface area contributed by atoms with Gasteiger partial charge in [-0.25, -0.2) is 4.39 Å². The Balaban J connectivity index is 2.52. The Labute approximate surface area is 79.6 Å². The molecule has 4 heteroatoms. The summed E-state index contributed by atoms with van der Waals surface area (Å²) < 4.78 is 12.9. The van der Waals surface area contributed by atoms with E-state index in [1.165, 1.54) is 12.1 Å². The molecule has 0 aliphatic rings. The van der Waals surface area contributed by atoms with Crippen LogP contribution in [0.4, 0.5) is 4.39 Å². The minimum absolute atomic E-state index is 0.193. The lowest BCUT2D eigenvalue weighted by molar-refractivity contribution is 0.619. The predicted molar refractivity (Wildman–Crippen MR) is 51.5 cm³/mol. The molecule has 1 aromatic carbocycles. The standard InChI is InChI=1S/C10H9FN2O/c1-6-4-7(2-3-8(6)11)9-5-10(14)13-12-9/h2-5H,1H3,(H2,12,13,14). The summed E-state index contributed by atoms with van der Waals surface area (Å²) in [5.41, 5.74) is 1.83. The van der Waals surface area contributed by atoms with E-state index in [9.17, 15) is 9.18 Å². The van der Waals surface area contributed by atoms with Crippen LogP contribution in [-0.4, -0.2) is 10.2 Å². The number of hydrogen-bond acceptors (Lipinski definition) is 1. The van der Waals surface area contributed by atoms with Gasteiger partial charge in [-0.3, -0.25) is 15.0 Å². The van der Waals surface area contributed by atoms with Crippen LogP contribution < -0.4 is 5.56 Å². The fourth-order valence-electron chi connectivity index (χ4n) is 1.30. The van der Waals surface area contributed by atoms with Crippen LogP contribution in [0.1, 0.15) is 5.56 Å². The fourth-order valence-corrected chi connectivity index (χ4v) is 1.30. The third-order valence-corrected chi connectivity index (χ3v) is 2.06. The lowest BCUT2D eigenvalue weighted by Crippen LogP contribution is -1.93. The molecule has 3 nitrogen and oxygen atoms in total. The van der Waals surface area contributed by atoms with Crippen molar-refractivity contribution in [1.29, 1.82) is 0 Å². The number of halogens is 1. The summed E-state index contributed by atoms with van der Waals surface area (Å²) in [6, 6.07) is 6.14. The molecule has 0 unspecified atom stereocenters. The van der Waals surface area contributed by atoms with Crippen molar-refractivity contribution in [2.75, 3.05) is 0 Å². The SMILES string of the molecule is Cc1cc(-c2cc(=O)[nH][nH]2)ccc1F. The number of aryl methyl sites for hydroxylation is 1. The van der Waals surface area contributed by atoms with Gasteiger partial charge in [0.05, 0.1) is 5.69 Å². The van der Waals surface area contributed by atoms with Gasteiger partial charge in [0.2, 0.25) is 0 Å². The molecular weight excluding hydrogens is 183 g/mol. The van der Waals surface area contributed by atoms with Crippen molar-refractivity contribution in [3.05, 3.63) is 46.0 Å². The molecule has 14 heavy (non-hydrogen) atoms. The van der Waals surface area contributed by atoms with Crippen LogP contribution in [0.15, 0.2) is 29.1 Å². The molecule has 0 aliphatic heterocycles. The molecular formula is C10H9FN2O. The van der Waals surface area contributed by atoms with Gasteiger partial charge in [0.25, 0.3) is 5.56 Å². The van der Waals surface area contributed by atoms with Crippen LogP contribution in [0, 0.1) is 12.7 Å². The highest BCUT2D eigenvalue weighted by atomic mass is 19.1. The van der Waals surface area contributed by atoms with Gasteiger partial charge in [-0.15, -0.1) is 0 Å². The highest BCUT2D eigenvalue weighted by Gasteiger charge is 2.03. The first kappa shape index (κ1) is 8.74. The van der Waals surface area contributed by atoms with Crippen LogP contribution in [-0.2, 0) is 0 Å². The monoisotopic (exact) mass is 192 g/mol. The maximum Gasteiger partial charge on any atom is 0.264 e. The van der Waals surface area contributed by atoms with Gasteiger partial charge in [-0.1, -0.05) is 0 Å². The number of H-pyrrole nitrogens is 2. The second-order valence-electron chi connectivity index (χ2n) is 3.14. The zero-order chi connectivity index (χ0) is 10.1. The van der Waals surface area contributed by atoms with E-state index in [0.717, 1.165) is 5.56 Å². The summed E-state index contributed by atoms with van der Waals surface area (Å²) in [7, 11) is 0. The zero-order valence-electron chi connectivity index (χ0n) is 7.60. The van der Waals surface area contributed by atoms with E-state index in [2.05, 4.69) is 10.2 Å². The summed E-state index contributed by atoms with van der Waals surface area (Å²) in [4.78, 5) is 10.9. The molecule has 0 spiro atoms. The first-order chi connectivity index (χ1) is 6.66. The van der Waals surface area contributed by atoms with Crippen molar-refractivity contribution in [2.24, 2.45) is 0 Å². The second kappa shape index (κ2) is 3.14. The van der Waals surface area contributed by atoms with Crippen LogP contribution in [0.5, 0.6) is 0 Å². The van der Waals surface area contributed by atoms with E-state index in [0.29, 0.717) is 11.3 Å². The average Bonchev–Trinajstić information content (AvgIpc) is 2.57. The Hall–Kier alpha value is -1.84. The summed E-state index contributed by atoms with van der Waals surface area (Å²) in [6.07, 6.45) is 0. The Kier molecular flexibility index (Phi) is 1.96. The predicted octanol–water partition coefficient (Wildman–Crippen LogP) is 1.82. The molecule has 0 saturated heterocycles. The molecule has 0 bridgehead atoms. The van der Waals surface area contributed by atoms with Crippen LogP contribution >= 0.6 is 0 Å². The summed E-state index contributed by atoms with van der Waals surface area (Å²) in [5, 5.41) is 5.14. The van der Waals surface area contributed by atoms with E-state index < -0.39 is 0 Å². The molecule has 2 aromatic rings. The third-order valence-electron chi connectivity index (χ3n) is 2.06. The Bertz CT molecular complexity index is 513. The number of hydrogen-bond donors (Lipinski definition) is 2. The highest BCUT2D eigenvalue weighted by molar-refractivity contribution is 5.59. The Morgan fingerprint density at radius 3 is 2.57 bits per heavy atom. The number of benzene rings is 1. The smallest absolute Gasteiger partial charge is 0.264 e. The molecule has 0 fully saturated rings. The molecule has 1 aromatic heterocycles. The van der Waals surface area contributed by atoms with Gasteiger partial charge in [0.1, 0.15) is 5.82 Å². The minimum Gasteiger partial charge on any atom is -0.298 e. The topological polar surface area (TPSA) is 48.6 Å². The first-order valence-corrected chi connectivity index (χ1v) is 4.21. The molecule has 2 rings (SSSR count). The van der Waals surface area contributed by atoms with Gasteiger partial charge in [0.15, 0.2) is 0 Å². The molecule has 0 atom stereocenters. The normalized spacial score (nSPS) is 10.4. The van der Waals surface area contributed by atoms with Gasteiger partial charge >= 0.3 is 0 Å². The zero-order valence-corrected chi connectivity index (χ0v) is 7.60. The van der Waals surface area contributed by atoms with Crippen LogP contribution in [0.2, 0.25) is 0 Å². The molecule has 0 radical (unpaired) electrons. The van der Waals surface area contributed by atoms with Crippen molar-refractivity contribution < 1.29 is 4.39 Å². The minimum atomic E-state index is -0.244. The maximum atomic E-state index is 12.9. The van der Waals surface area contributed by atoms with E-state index >= 15 is 0 Å². The molecule has 72 valence electrons. The van der Waals surface area contributed by atoms with Crippen molar-refractivity contribution in [3.8, 4) is 11.3 Å². The molecule has 0 saturated carbocycles. The van der Waals surface area contributed by atoms with Crippen LogP contribution in [0.25, 0.3) is 11.3 Å². The van der Waals surface area contributed by atoms with E-state index in [-0.39, 0.29) is 11.4 Å².